The molecule has 0 spiro atoms. The Balaban J connectivity index is 1.57. The lowest BCUT2D eigenvalue weighted by atomic mass is 10.1. The first-order valence-electron chi connectivity index (χ1n) is 9.90. The van der Waals surface area contributed by atoms with E-state index in [1.165, 1.54) is 0 Å². The lowest BCUT2D eigenvalue weighted by molar-refractivity contribution is -0.139. The zero-order chi connectivity index (χ0) is 20.9. The van der Waals surface area contributed by atoms with Gasteiger partial charge in [0.25, 0.3) is 5.91 Å². The van der Waals surface area contributed by atoms with Gasteiger partial charge in [0.2, 0.25) is 5.91 Å². The van der Waals surface area contributed by atoms with E-state index in [0.29, 0.717) is 49.6 Å². The molecule has 2 aliphatic rings. The molecule has 1 aromatic carbocycles. The second-order valence-corrected chi connectivity index (χ2v) is 7.27. The number of morpholine rings is 1. The predicted molar refractivity (Wildman–Crippen MR) is 107 cm³/mol. The molecule has 0 bridgehead atoms. The van der Waals surface area contributed by atoms with Crippen molar-refractivity contribution in [2.45, 2.75) is 18.6 Å². The highest BCUT2D eigenvalue weighted by Crippen LogP contribution is 2.26. The zero-order valence-corrected chi connectivity index (χ0v) is 16.4. The van der Waals surface area contributed by atoms with Crippen LogP contribution in [0.5, 0.6) is 5.75 Å². The minimum Gasteiger partial charge on any atom is -0.487 e. The summed E-state index contributed by atoms with van der Waals surface area (Å²) in [6.07, 6.45) is 3.34. The number of carbonyl (C=O) groups is 2. The maximum absolute atomic E-state index is 13.3. The molecule has 30 heavy (non-hydrogen) atoms. The van der Waals surface area contributed by atoms with Gasteiger partial charge < -0.3 is 19.3 Å². The number of aromatic nitrogens is 1. The van der Waals surface area contributed by atoms with Gasteiger partial charge in [-0.2, -0.15) is 5.26 Å². The predicted octanol–water partition coefficient (Wildman–Crippen LogP) is 1.47. The molecule has 0 saturated carbocycles. The number of carbonyl (C=O) groups excluding carboxylic acids is 2. The quantitative estimate of drug-likeness (QED) is 0.763. The molecule has 0 N–H and O–H groups in total. The summed E-state index contributed by atoms with van der Waals surface area (Å²) in [5.74, 6) is 0.220. The van der Waals surface area contributed by atoms with Crippen molar-refractivity contribution in [2.75, 3.05) is 32.8 Å². The summed E-state index contributed by atoms with van der Waals surface area (Å²) in [5, 5.41) is 9.15. The maximum Gasteiger partial charge on any atom is 0.254 e. The number of pyridine rings is 1. The maximum atomic E-state index is 13.3. The minimum atomic E-state index is -0.622. The van der Waals surface area contributed by atoms with Crippen molar-refractivity contribution >= 4 is 11.8 Å². The Kier molecular flexibility index (Phi) is 5.91. The first kappa shape index (κ1) is 19.9. The molecule has 1 aromatic heterocycles. The van der Waals surface area contributed by atoms with Gasteiger partial charge in [0.05, 0.1) is 37.6 Å². The molecular formula is C22H22N4O4. The monoisotopic (exact) mass is 406 g/mol. The van der Waals surface area contributed by atoms with Crippen LogP contribution >= 0.6 is 0 Å². The number of ether oxygens (including phenoxy) is 2. The number of amides is 2. The minimum absolute atomic E-state index is 0.0969. The molecule has 154 valence electrons. The summed E-state index contributed by atoms with van der Waals surface area (Å²) >= 11 is 0. The van der Waals surface area contributed by atoms with Gasteiger partial charge >= 0.3 is 0 Å². The molecule has 2 aliphatic heterocycles. The van der Waals surface area contributed by atoms with Crippen LogP contribution in [0.2, 0.25) is 0 Å². The summed E-state index contributed by atoms with van der Waals surface area (Å²) in [6, 6.07) is 11.5. The number of rotatable bonds is 4. The van der Waals surface area contributed by atoms with Gasteiger partial charge in [0.15, 0.2) is 0 Å². The molecular weight excluding hydrogens is 384 g/mol. The van der Waals surface area contributed by atoms with Crippen LogP contribution in [-0.4, -0.2) is 71.6 Å². The highest BCUT2D eigenvalue weighted by atomic mass is 16.5. The molecule has 0 radical (unpaired) electrons. The second kappa shape index (κ2) is 8.93. The van der Waals surface area contributed by atoms with Crippen LogP contribution < -0.4 is 4.74 Å². The van der Waals surface area contributed by atoms with E-state index in [9.17, 15) is 9.59 Å². The van der Waals surface area contributed by atoms with E-state index in [4.69, 9.17) is 14.7 Å². The molecule has 0 aliphatic carbocycles. The van der Waals surface area contributed by atoms with Crippen LogP contribution in [0.25, 0.3) is 0 Å². The Bertz CT molecular complexity index is 953. The molecule has 8 nitrogen and oxygen atoms in total. The Labute approximate surface area is 174 Å². The molecule has 8 heteroatoms. The van der Waals surface area contributed by atoms with Gasteiger partial charge in [0.1, 0.15) is 17.9 Å². The van der Waals surface area contributed by atoms with Crippen molar-refractivity contribution in [3.05, 3.63) is 59.9 Å². The van der Waals surface area contributed by atoms with Crippen molar-refractivity contribution < 1.29 is 19.1 Å². The largest absolute Gasteiger partial charge is 0.487 e. The number of nitrogens with zero attached hydrogens (tertiary/aromatic N) is 4. The highest BCUT2D eigenvalue weighted by Gasteiger charge is 2.43. The Morgan fingerprint density at radius 2 is 2.03 bits per heavy atom. The SMILES string of the molecule is N#Cc1cccc(C(=O)N2C[C@@H](Oc3cccnc3)C[C@H]2C(=O)N2CCOCC2)c1. The first-order valence-corrected chi connectivity index (χ1v) is 9.90. The Hall–Kier alpha value is -3.44. The molecule has 0 unspecified atom stereocenters. The average molecular weight is 406 g/mol. The van der Waals surface area contributed by atoms with Gasteiger partial charge in [-0.05, 0) is 30.3 Å². The van der Waals surface area contributed by atoms with Crippen molar-refractivity contribution in [3.63, 3.8) is 0 Å². The molecule has 2 atom stereocenters. The number of hydrogen-bond acceptors (Lipinski definition) is 6. The summed E-state index contributed by atoms with van der Waals surface area (Å²) in [4.78, 5) is 33.8. The van der Waals surface area contributed by atoms with E-state index >= 15 is 0 Å². The van der Waals surface area contributed by atoms with E-state index in [1.54, 1.807) is 58.6 Å². The van der Waals surface area contributed by atoms with Crippen LogP contribution in [0.15, 0.2) is 48.8 Å². The van der Waals surface area contributed by atoms with Gasteiger partial charge in [-0.1, -0.05) is 6.07 Å². The third kappa shape index (κ3) is 4.26. The van der Waals surface area contributed by atoms with E-state index in [1.807, 2.05) is 6.07 Å². The van der Waals surface area contributed by atoms with Gasteiger partial charge in [-0.3, -0.25) is 14.6 Å². The van der Waals surface area contributed by atoms with Crippen molar-refractivity contribution in [1.29, 1.82) is 5.26 Å². The summed E-state index contributed by atoms with van der Waals surface area (Å²) in [5.41, 5.74) is 0.787. The summed E-state index contributed by atoms with van der Waals surface area (Å²) in [6.45, 7) is 2.29. The first-order chi connectivity index (χ1) is 14.7. The smallest absolute Gasteiger partial charge is 0.254 e. The molecule has 3 heterocycles. The van der Waals surface area contributed by atoms with E-state index in [2.05, 4.69) is 4.98 Å². The second-order valence-electron chi connectivity index (χ2n) is 7.27. The topological polar surface area (TPSA) is 95.8 Å². The average Bonchev–Trinajstić information content (AvgIpc) is 3.23. The lowest BCUT2D eigenvalue weighted by Gasteiger charge is -2.32. The van der Waals surface area contributed by atoms with Crippen LogP contribution in [0.3, 0.4) is 0 Å². The normalized spacial score (nSPS) is 21.2. The van der Waals surface area contributed by atoms with E-state index in [0.717, 1.165) is 0 Å². The molecule has 2 aromatic rings. The van der Waals surface area contributed by atoms with Crippen molar-refractivity contribution in [1.82, 2.24) is 14.8 Å². The van der Waals surface area contributed by atoms with E-state index < -0.39 is 6.04 Å². The highest BCUT2D eigenvalue weighted by molar-refractivity contribution is 5.98. The zero-order valence-electron chi connectivity index (χ0n) is 16.4. The fraction of sp³-hybridized carbons (Fsp3) is 0.364. The molecule has 2 saturated heterocycles. The van der Waals surface area contributed by atoms with E-state index in [-0.39, 0.29) is 24.5 Å². The summed E-state index contributed by atoms with van der Waals surface area (Å²) in [7, 11) is 0. The number of hydrogen-bond donors (Lipinski definition) is 0. The van der Waals surface area contributed by atoms with Crippen LogP contribution in [0.4, 0.5) is 0 Å². The van der Waals surface area contributed by atoms with Crippen LogP contribution in [0.1, 0.15) is 22.3 Å². The Morgan fingerprint density at radius 1 is 1.20 bits per heavy atom. The van der Waals surface area contributed by atoms with Gasteiger partial charge in [-0.15, -0.1) is 0 Å². The third-order valence-corrected chi connectivity index (χ3v) is 5.31. The van der Waals surface area contributed by atoms with Gasteiger partial charge in [-0.25, -0.2) is 0 Å². The molecule has 4 rings (SSSR count). The number of nitriles is 1. The van der Waals surface area contributed by atoms with Gasteiger partial charge in [0, 0.05) is 31.3 Å². The number of benzene rings is 1. The lowest BCUT2D eigenvalue weighted by Crippen LogP contribution is -2.51. The van der Waals surface area contributed by atoms with Crippen molar-refractivity contribution in [2.24, 2.45) is 0 Å². The fourth-order valence-electron chi connectivity index (χ4n) is 3.83. The third-order valence-electron chi connectivity index (χ3n) is 5.31. The Morgan fingerprint density at radius 3 is 2.77 bits per heavy atom. The number of likely N-dealkylation sites (tertiary alicyclic amines) is 1. The van der Waals surface area contributed by atoms with Crippen molar-refractivity contribution in [3.8, 4) is 11.8 Å². The van der Waals surface area contributed by atoms with Crippen LogP contribution in [0, 0.1) is 11.3 Å². The molecule has 2 fully saturated rings. The molecule has 2 amide bonds. The van der Waals surface area contributed by atoms with Crippen LogP contribution in [-0.2, 0) is 9.53 Å². The standard InChI is InChI=1S/C22H22N4O4/c23-13-16-3-1-4-17(11-16)21(27)26-15-19(30-18-5-2-6-24-14-18)12-20(26)22(28)25-7-9-29-10-8-25/h1-6,11,14,19-20H,7-10,12,15H2/t19-,20-/m0/s1. The summed E-state index contributed by atoms with van der Waals surface area (Å²) < 4.78 is 11.3. The fourth-order valence-corrected chi connectivity index (χ4v) is 3.83.